The zero-order valence-electron chi connectivity index (χ0n) is 6.23. The third-order valence-electron chi connectivity index (χ3n) is 0.816. The Balaban J connectivity index is 2.93. The van der Waals surface area contributed by atoms with Gasteiger partial charge in [0.05, 0.1) is 0 Å². The summed E-state index contributed by atoms with van der Waals surface area (Å²) in [6.07, 6.45) is 4.56. The van der Waals surface area contributed by atoms with Gasteiger partial charge in [0, 0.05) is 11.9 Å². The molecule has 0 aliphatic rings. The van der Waals surface area contributed by atoms with Crippen molar-refractivity contribution in [2.45, 2.75) is 19.9 Å². The first-order valence-electron chi connectivity index (χ1n) is 3.01. The highest BCUT2D eigenvalue weighted by Crippen LogP contribution is 2.09. The van der Waals surface area contributed by atoms with Gasteiger partial charge in [0.15, 0.2) is 0 Å². The maximum Gasteiger partial charge on any atom is 0.0235 e. The summed E-state index contributed by atoms with van der Waals surface area (Å²) in [4.78, 5) is 0. The minimum Gasteiger partial charge on any atom is -0.307 e. The SMILES string of the molecule is CC(C)NC[SH](C)C. The Morgan fingerprint density at radius 1 is 1.38 bits per heavy atom. The first-order valence-corrected chi connectivity index (χ1v) is 5.43. The molecule has 0 spiro atoms. The highest BCUT2D eigenvalue weighted by Gasteiger charge is 1.90. The van der Waals surface area contributed by atoms with Gasteiger partial charge in [-0.05, 0) is 12.5 Å². The van der Waals surface area contributed by atoms with Gasteiger partial charge in [0.2, 0.25) is 0 Å². The predicted molar refractivity (Wildman–Crippen MR) is 44.0 cm³/mol. The van der Waals surface area contributed by atoms with Crippen LogP contribution in [0.3, 0.4) is 0 Å². The standard InChI is InChI=1S/C6H17NS/c1-6(2)7-5-8(3)4/h6-8H,5H2,1-4H3. The van der Waals surface area contributed by atoms with Crippen LogP contribution < -0.4 is 5.32 Å². The van der Waals surface area contributed by atoms with Crippen molar-refractivity contribution < 1.29 is 0 Å². The molecule has 8 heavy (non-hydrogen) atoms. The maximum absolute atomic E-state index is 3.37. The maximum atomic E-state index is 3.37. The topological polar surface area (TPSA) is 12.0 Å². The monoisotopic (exact) mass is 135 g/mol. The van der Waals surface area contributed by atoms with E-state index in [1.165, 1.54) is 5.88 Å². The Kier molecular flexibility index (Phi) is 4.38. The van der Waals surface area contributed by atoms with Gasteiger partial charge < -0.3 is 5.32 Å². The number of thiol groups is 1. The molecule has 0 aliphatic heterocycles. The van der Waals surface area contributed by atoms with E-state index in [9.17, 15) is 0 Å². The fourth-order valence-electron chi connectivity index (χ4n) is 0.365. The van der Waals surface area contributed by atoms with Crippen molar-refractivity contribution in [2.75, 3.05) is 18.4 Å². The quantitative estimate of drug-likeness (QED) is 0.554. The van der Waals surface area contributed by atoms with Crippen molar-refractivity contribution in [1.29, 1.82) is 0 Å². The molecule has 0 unspecified atom stereocenters. The van der Waals surface area contributed by atoms with E-state index in [0.717, 1.165) is 0 Å². The summed E-state index contributed by atoms with van der Waals surface area (Å²) in [5.41, 5.74) is 0. The van der Waals surface area contributed by atoms with Crippen LogP contribution in [0.5, 0.6) is 0 Å². The lowest BCUT2D eigenvalue weighted by molar-refractivity contribution is 0.654. The lowest BCUT2D eigenvalue weighted by Gasteiger charge is -2.12. The van der Waals surface area contributed by atoms with E-state index in [0.29, 0.717) is 6.04 Å². The zero-order valence-corrected chi connectivity index (χ0v) is 7.13. The van der Waals surface area contributed by atoms with Crippen LogP contribution in [-0.4, -0.2) is 24.4 Å². The fraction of sp³-hybridized carbons (Fsp3) is 1.00. The molecule has 0 saturated carbocycles. The van der Waals surface area contributed by atoms with E-state index in [2.05, 4.69) is 31.7 Å². The molecule has 0 saturated heterocycles. The van der Waals surface area contributed by atoms with Gasteiger partial charge in [-0.15, -0.1) is 0 Å². The largest absolute Gasteiger partial charge is 0.307 e. The first kappa shape index (κ1) is 8.31. The molecule has 0 aliphatic carbocycles. The average Bonchev–Trinajstić information content (AvgIpc) is 1.61. The van der Waals surface area contributed by atoms with Gasteiger partial charge in [0.25, 0.3) is 0 Å². The second-order valence-corrected chi connectivity index (χ2v) is 5.07. The fourth-order valence-corrected chi connectivity index (χ4v) is 1.10. The molecular formula is C6H17NS. The molecule has 1 N–H and O–H groups in total. The third kappa shape index (κ3) is 6.31. The Morgan fingerprint density at radius 3 is 2.00 bits per heavy atom. The second kappa shape index (κ2) is 4.21. The average molecular weight is 135 g/mol. The molecule has 0 aromatic carbocycles. The van der Waals surface area contributed by atoms with Crippen molar-refractivity contribution >= 4 is 10.9 Å². The van der Waals surface area contributed by atoms with Crippen molar-refractivity contribution in [3.63, 3.8) is 0 Å². The van der Waals surface area contributed by atoms with Gasteiger partial charge in [0.1, 0.15) is 0 Å². The Bertz CT molecular complexity index is 44.5. The normalized spacial score (nSPS) is 12.4. The number of hydrogen-bond donors (Lipinski definition) is 2. The molecule has 0 amide bonds. The molecule has 0 radical (unpaired) electrons. The molecule has 2 heteroatoms. The van der Waals surface area contributed by atoms with E-state index >= 15 is 0 Å². The van der Waals surface area contributed by atoms with E-state index in [-0.39, 0.29) is 10.9 Å². The van der Waals surface area contributed by atoms with Crippen LogP contribution in [0.2, 0.25) is 0 Å². The molecule has 0 fully saturated rings. The molecule has 0 heterocycles. The molecule has 52 valence electrons. The zero-order chi connectivity index (χ0) is 6.57. The number of nitrogens with one attached hydrogen (secondary N) is 1. The van der Waals surface area contributed by atoms with Gasteiger partial charge in [-0.25, -0.2) is 10.9 Å². The summed E-state index contributed by atoms with van der Waals surface area (Å²) in [5.74, 6) is 1.20. The van der Waals surface area contributed by atoms with E-state index < -0.39 is 0 Å². The van der Waals surface area contributed by atoms with E-state index in [4.69, 9.17) is 0 Å². The molecule has 0 aromatic heterocycles. The summed E-state index contributed by atoms with van der Waals surface area (Å²) in [6, 6.07) is 0.653. The number of rotatable bonds is 3. The Hall–Kier alpha value is 0.310. The molecule has 0 rings (SSSR count). The van der Waals surface area contributed by atoms with Crippen LogP contribution in [0, 0.1) is 0 Å². The minimum absolute atomic E-state index is 0.256. The molecule has 1 nitrogen and oxygen atoms in total. The smallest absolute Gasteiger partial charge is 0.0235 e. The molecule has 0 bridgehead atoms. The molecule has 0 aromatic rings. The van der Waals surface area contributed by atoms with Crippen LogP contribution >= 0.6 is 10.9 Å². The lowest BCUT2D eigenvalue weighted by Crippen LogP contribution is -2.23. The van der Waals surface area contributed by atoms with Crippen LogP contribution in [0.4, 0.5) is 0 Å². The Morgan fingerprint density at radius 2 is 1.88 bits per heavy atom. The van der Waals surface area contributed by atoms with Crippen molar-refractivity contribution in [3.8, 4) is 0 Å². The summed E-state index contributed by atoms with van der Waals surface area (Å²) in [6.45, 7) is 4.36. The van der Waals surface area contributed by atoms with E-state index in [1.807, 2.05) is 0 Å². The van der Waals surface area contributed by atoms with Gasteiger partial charge in [-0.3, -0.25) is 0 Å². The van der Waals surface area contributed by atoms with Gasteiger partial charge in [-0.2, -0.15) is 0 Å². The third-order valence-corrected chi connectivity index (χ3v) is 1.63. The van der Waals surface area contributed by atoms with Crippen LogP contribution in [0.15, 0.2) is 0 Å². The highest BCUT2D eigenvalue weighted by molar-refractivity contribution is 8.15. The van der Waals surface area contributed by atoms with Crippen LogP contribution in [0.25, 0.3) is 0 Å². The predicted octanol–water partition coefficient (Wildman–Crippen LogP) is 1.20. The summed E-state index contributed by atoms with van der Waals surface area (Å²) in [5, 5.41) is 3.37. The van der Waals surface area contributed by atoms with Crippen LogP contribution in [-0.2, 0) is 0 Å². The van der Waals surface area contributed by atoms with Gasteiger partial charge in [-0.1, -0.05) is 13.8 Å². The van der Waals surface area contributed by atoms with E-state index in [1.54, 1.807) is 0 Å². The summed E-state index contributed by atoms with van der Waals surface area (Å²) < 4.78 is 0. The highest BCUT2D eigenvalue weighted by atomic mass is 32.2. The second-order valence-electron chi connectivity index (χ2n) is 2.60. The Labute approximate surface area is 55.2 Å². The number of hydrogen-bond acceptors (Lipinski definition) is 1. The summed E-state index contributed by atoms with van der Waals surface area (Å²) in [7, 11) is 0.256. The van der Waals surface area contributed by atoms with Crippen molar-refractivity contribution in [2.24, 2.45) is 0 Å². The van der Waals surface area contributed by atoms with Crippen LogP contribution in [0.1, 0.15) is 13.8 Å². The molecular weight excluding hydrogens is 118 g/mol. The van der Waals surface area contributed by atoms with Gasteiger partial charge >= 0.3 is 0 Å². The molecule has 0 atom stereocenters. The lowest BCUT2D eigenvalue weighted by atomic mass is 10.4. The van der Waals surface area contributed by atoms with Crippen molar-refractivity contribution in [3.05, 3.63) is 0 Å². The minimum atomic E-state index is 0.256. The first-order chi connectivity index (χ1) is 3.63. The van der Waals surface area contributed by atoms with Crippen molar-refractivity contribution in [1.82, 2.24) is 5.32 Å². The summed E-state index contributed by atoms with van der Waals surface area (Å²) >= 11 is 0.